The lowest BCUT2D eigenvalue weighted by molar-refractivity contribution is -0.125. The van der Waals surface area contributed by atoms with Crippen molar-refractivity contribution in [1.82, 2.24) is 0 Å². The molecular weight excluding hydrogens is 246 g/mol. The van der Waals surface area contributed by atoms with Crippen molar-refractivity contribution in [3.63, 3.8) is 0 Å². The van der Waals surface area contributed by atoms with Crippen LogP contribution in [0.1, 0.15) is 46.6 Å². The smallest absolute Gasteiger partial charge is 0.138 e. The van der Waals surface area contributed by atoms with Crippen molar-refractivity contribution in [2.24, 2.45) is 23.7 Å². The van der Waals surface area contributed by atoms with Gasteiger partial charge in [0.1, 0.15) is 5.78 Å². The molecule has 2 atom stereocenters. The van der Waals surface area contributed by atoms with Crippen LogP contribution in [0.2, 0.25) is 0 Å². The second kappa shape index (κ2) is 7.47. The SMILES string of the molecule is CC(C)C(=O)C(C)C[C@H](Cc1ccc(N)cc1)C(C)C. The fourth-order valence-electron chi connectivity index (χ4n) is 2.69. The monoisotopic (exact) mass is 275 g/mol. The highest BCUT2D eigenvalue weighted by molar-refractivity contribution is 5.82. The Labute approximate surface area is 123 Å². The molecule has 112 valence electrons. The highest BCUT2D eigenvalue weighted by atomic mass is 16.1. The summed E-state index contributed by atoms with van der Waals surface area (Å²) in [6.45, 7) is 10.5. The minimum Gasteiger partial charge on any atom is -0.399 e. The van der Waals surface area contributed by atoms with E-state index in [0.29, 0.717) is 17.6 Å². The lowest BCUT2D eigenvalue weighted by Crippen LogP contribution is -2.23. The summed E-state index contributed by atoms with van der Waals surface area (Å²) in [6.07, 6.45) is 1.99. The number of nitrogens with two attached hydrogens (primary N) is 1. The van der Waals surface area contributed by atoms with Gasteiger partial charge in [-0.15, -0.1) is 0 Å². The van der Waals surface area contributed by atoms with Gasteiger partial charge in [0, 0.05) is 17.5 Å². The van der Waals surface area contributed by atoms with Gasteiger partial charge in [0.25, 0.3) is 0 Å². The van der Waals surface area contributed by atoms with Crippen LogP contribution >= 0.6 is 0 Å². The number of benzene rings is 1. The maximum Gasteiger partial charge on any atom is 0.138 e. The zero-order chi connectivity index (χ0) is 15.3. The second-order valence-electron chi connectivity index (χ2n) is 6.64. The minimum atomic E-state index is 0.134. The van der Waals surface area contributed by atoms with E-state index >= 15 is 0 Å². The van der Waals surface area contributed by atoms with E-state index in [1.54, 1.807) is 0 Å². The van der Waals surface area contributed by atoms with Crippen LogP contribution in [0.15, 0.2) is 24.3 Å². The molecule has 0 fully saturated rings. The molecule has 0 bridgehead atoms. The first-order valence-corrected chi connectivity index (χ1v) is 7.69. The molecule has 0 spiro atoms. The molecule has 0 saturated heterocycles. The molecule has 1 aromatic carbocycles. The Kier molecular flexibility index (Phi) is 6.25. The maximum absolute atomic E-state index is 12.1. The van der Waals surface area contributed by atoms with Crippen molar-refractivity contribution in [2.75, 3.05) is 5.73 Å². The molecule has 1 unspecified atom stereocenters. The van der Waals surface area contributed by atoms with Crippen LogP contribution in [0.3, 0.4) is 0 Å². The van der Waals surface area contributed by atoms with Gasteiger partial charge in [-0.05, 0) is 42.4 Å². The second-order valence-corrected chi connectivity index (χ2v) is 6.64. The Balaban J connectivity index is 2.70. The van der Waals surface area contributed by atoms with Crippen molar-refractivity contribution in [1.29, 1.82) is 0 Å². The van der Waals surface area contributed by atoms with Gasteiger partial charge in [0.15, 0.2) is 0 Å². The lowest BCUT2D eigenvalue weighted by Gasteiger charge is -2.25. The van der Waals surface area contributed by atoms with Crippen LogP contribution in [0, 0.1) is 23.7 Å². The first-order chi connectivity index (χ1) is 9.31. The van der Waals surface area contributed by atoms with Crippen LogP contribution < -0.4 is 5.73 Å². The van der Waals surface area contributed by atoms with E-state index < -0.39 is 0 Å². The Hall–Kier alpha value is -1.31. The molecule has 0 amide bonds. The fraction of sp³-hybridized carbons (Fsp3) is 0.611. The largest absolute Gasteiger partial charge is 0.399 e. The molecule has 1 rings (SSSR count). The van der Waals surface area contributed by atoms with Crippen LogP contribution in [0.25, 0.3) is 0 Å². The molecule has 0 aromatic heterocycles. The topological polar surface area (TPSA) is 43.1 Å². The van der Waals surface area contributed by atoms with E-state index in [1.165, 1.54) is 5.56 Å². The first-order valence-electron chi connectivity index (χ1n) is 7.69. The highest BCUT2D eigenvalue weighted by Crippen LogP contribution is 2.26. The molecular formula is C18H29NO. The van der Waals surface area contributed by atoms with Gasteiger partial charge in [-0.25, -0.2) is 0 Å². The predicted molar refractivity (Wildman–Crippen MR) is 86.5 cm³/mol. The molecule has 2 heteroatoms. The summed E-state index contributed by atoms with van der Waals surface area (Å²) >= 11 is 0. The molecule has 0 aliphatic heterocycles. The van der Waals surface area contributed by atoms with Gasteiger partial charge < -0.3 is 5.73 Å². The summed E-state index contributed by atoms with van der Waals surface area (Å²) in [5.41, 5.74) is 7.84. The Morgan fingerprint density at radius 3 is 2.05 bits per heavy atom. The third kappa shape index (κ3) is 4.99. The predicted octanol–water partition coefficient (Wildman–Crippen LogP) is 4.33. The summed E-state index contributed by atoms with van der Waals surface area (Å²) in [6, 6.07) is 8.10. The van der Waals surface area contributed by atoms with Gasteiger partial charge in [-0.2, -0.15) is 0 Å². The Morgan fingerprint density at radius 2 is 1.60 bits per heavy atom. The molecule has 0 heterocycles. The van der Waals surface area contributed by atoms with Crippen LogP contribution in [-0.4, -0.2) is 5.78 Å². The van der Waals surface area contributed by atoms with Gasteiger partial charge in [-0.3, -0.25) is 4.79 Å². The van der Waals surface area contributed by atoms with Crippen molar-refractivity contribution in [3.05, 3.63) is 29.8 Å². The molecule has 2 N–H and O–H groups in total. The summed E-state index contributed by atoms with van der Waals surface area (Å²) in [5, 5.41) is 0. The van der Waals surface area contributed by atoms with Crippen molar-refractivity contribution in [3.8, 4) is 0 Å². The van der Waals surface area contributed by atoms with E-state index in [2.05, 4.69) is 32.9 Å². The number of Topliss-reactive ketones (excluding diaryl/α,β-unsaturated/α-hetero) is 1. The number of rotatable bonds is 7. The fourth-order valence-corrected chi connectivity index (χ4v) is 2.69. The summed E-state index contributed by atoms with van der Waals surface area (Å²) < 4.78 is 0. The Bertz CT molecular complexity index is 420. The van der Waals surface area contributed by atoms with Gasteiger partial charge >= 0.3 is 0 Å². The third-order valence-electron chi connectivity index (χ3n) is 4.13. The minimum absolute atomic E-state index is 0.134. The number of nitrogen functional groups attached to an aromatic ring is 1. The van der Waals surface area contributed by atoms with Crippen LogP contribution in [0.4, 0.5) is 5.69 Å². The average molecular weight is 275 g/mol. The van der Waals surface area contributed by atoms with Crippen LogP contribution in [0.5, 0.6) is 0 Å². The molecule has 2 nitrogen and oxygen atoms in total. The normalized spacial score (nSPS) is 14.6. The van der Waals surface area contributed by atoms with Gasteiger partial charge in [-0.1, -0.05) is 46.8 Å². The number of carbonyl (C=O) groups is 1. The molecule has 1 aromatic rings. The number of anilines is 1. The summed E-state index contributed by atoms with van der Waals surface area (Å²) in [5.74, 6) is 1.78. The van der Waals surface area contributed by atoms with Gasteiger partial charge in [0.2, 0.25) is 0 Å². The zero-order valence-corrected chi connectivity index (χ0v) is 13.5. The van der Waals surface area contributed by atoms with E-state index in [9.17, 15) is 4.79 Å². The van der Waals surface area contributed by atoms with E-state index in [1.807, 2.05) is 26.0 Å². The lowest BCUT2D eigenvalue weighted by atomic mass is 9.80. The van der Waals surface area contributed by atoms with Crippen molar-refractivity contribution < 1.29 is 4.79 Å². The van der Waals surface area contributed by atoms with E-state index in [4.69, 9.17) is 5.73 Å². The quantitative estimate of drug-likeness (QED) is 0.752. The van der Waals surface area contributed by atoms with Crippen molar-refractivity contribution >= 4 is 11.5 Å². The highest BCUT2D eigenvalue weighted by Gasteiger charge is 2.23. The number of hydrogen-bond acceptors (Lipinski definition) is 2. The van der Waals surface area contributed by atoms with Crippen molar-refractivity contribution in [2.45, 2.75) is 47.5 Å². The number of ketones is 1. The maximum atomic E-state index is 12.1. The molecule has 0 aliphatic rings. The molecule has 0 radical (unpaired) electrons. The molecule has 0 aliphatic carbocycles. The van der Waals surface area contributed by atoms with E-state index in [0.717, 1.165) is 18.5 Å². The Morgan fingerprint density at radius 1 is 1.05 bits per heavy atom. The summed E-state index contributed by atoms with van der Waals surface area (Å²) in [7, 11) is 0. The molecule has 20 heavy (non-hydrogen) atoms. The summed E-state index contributed by atoms with van der Waals surface area (Å²) in [4.78, 5) is 12.1. The van der Waals surface area contributed by atoms with Gasteiger partial charge in [0.05, 0.1) is 0 Å². The standard InChI is InChI=1S/C18H29NO/c1-12(2)16(10-14(5)18(20)13(3)4)11-15-6-8-17(19)9-7-15/h6-9,12-14,16H,10-11,19H2,1-5H3/t14?,16-/m1/s1. The van der Waals surface area contributed by atoms with E-state index in [-0.39, 0.29) is 11.8 Å². The zero-order valence-electron chi connectivity index (χ0n) is 13.5. The first kappa shape index (κ1) is 16.7. The molecule has 0 saturated carbocycles. The number of carbonyl (C=O) groups excluding carboxylic acids is 1. The number of hydrogen-bond donors (Lipinski definition) is 1. The van der Waals surface area contributed by atoms with Crippen LogP contribution in [-0.2, 0) is 11.2 Å². The average Bonchev–Trinajstić information content (AvgIpc) is 2.39. The third-order valence-corrected chi connectivity index (χ3v) is 4.13.